The second-order valence-corrected chi connectivity index (χ2v) is 5.41. The van der Waals surface area contributed by atoms with Crippen LogP contribution in [-0.2, 0) is 4.79 Å². The highest BCUT2D eigenvalue weighted by molar-refractivity contribution is 5.89. The van der Waals surface area contributed by atoms with E-state index in [4.69, 9.17) is 4.74 Å². The van der Waals surface area contributed by atoms with Gasteiger partial charge in [-0.25, -0.2) is 5.43 Å². The molecule has 7 heteroatoms. The SMILES string of the molecule is O=C(COc1cccc2ccccc12)N/N=C/c1ccc([N+](=O)[O-])cc1. The van der Waals surface area contributed by atoms with Gasteiger partial charge in [0, 0.05) is 17.5 Å². The molecule has 7 nitrogen and oxygen atoms in total. The number of nitro benzene ring substituents is 1. The van der Waals surface area contributed by atoms with Crippen LogP contribution in [0.5, 0.6) is 5.75 Å². The molecule has 130 valence electrons. The third-order valence-corrected chi connectivity index (χ3v) is 3.62. The molecule has 0 bridgehead atoms. The second-order valence-electron chi connectivity index (χ2n) is 5.41. The van der Waals surface area contributed by atoms with Crippen molar-refractivity contribution in [1.82, 2.24) is 5.43 Å². The number of carbonyl (C=O) groups excluding carboxylic acids is 1. The van der Waals surface area contributed by atoms with Gasteiger partial charge in [-0.3, -0.25) is 14.9 Å². The van der Waals surface area contributed by atoms with Gasteiger partial charge in [0.05, 0.1) is 11.1 Å². The number of benzene rings is 3. The molecule has 3 aromatic rings. The summed E-state index contributed by atoms with van der Waals surface area (Å²) in [6.07, 6.45) is 1.40. The van der Waals surface area contributed by atoms with E-state index in [1.54, 1.807) is 18.2 Å². The molecule has 0 atom stereocenters. The van der Waals surface area contributed by atoms with Crippen LogP contribution in [0.1, 0.15) is 5.56 Å². The Morgan fingerprint density at radius 1 is 1.08 bits per heavy atom. The minimum atomic E-state index is -0.479. The molecule has 26 heavy (non-hydrogen) atoms. The first-order valence-electron chi connectivity index (χ1n) is 7.80. The van der Waals surface area contributed by atoms with Crippen molar-refractivity contribution < 1.29 is 14.5 Å². The van der Waals surface area contributed by atoms with Gasteiger partial charge in [0.2, 0.25) is 0 Å². The van der Waals surface area contributed by atoms with E-state index in [0.717, 1.165) is 10.8 Å². The van der Waals surface area contributed by atoms with Crippen LogP contribution in [0.15, 0.2) is 71.8 Å². The molecule has 0 aliphatic rings. The zero-order valence-corrected chi connectivity index (χ0v) is 13.7. The standard InChI is InChI=1S/C19H15N3O4/c23-19(21-20-12-14-8-10-16(11-9-14)22(24)25)13-26-18-7-3-5-15-4-1-2-6-17(15)18/h1-12H,13H2,(H,21,23)/b20-12+. The van der Waals surface area contributed by atoms with Crippen LogP contribution >= 0.6 is 0 Å². The van der Waals surface area contributed by atoms with Gasteiger partial charge in [-0.15, -0.1) is 0 Å². The summed E-state index contributed by atoms with van der Waals surface area (Å²) in [7, 11) is 0. The molecule has 0 spiro atoms. The van der Waals surface area contributed by atoms with Gasteiger partial charge in [-0.1, -0.05) is 36.4 Å². The number of nitrogens with zero attached hydrogens (tertiary/aromatic N) is 2. The van der Waals surface area contributed by atoms with Crippen LogP contribution in [0.3, 0.4) is 0 Å². The van der Waals surface area contributed by atoms with Gasteiger partial charge in [0.15, 0.2) is 6.61 Å². The summed E-state index contributed by atoms with van der Waals surface area (Å²) in [5, 5.41) is 16.4. The van der Waals surface area contributed by atoms with E-state index in [1.807, 2.05) is 36.4 Å². The number of hydrazone groups is 1. The number of hydrogen-bond acceptors (Lipinski definition) is 5. The van der Waals surface area contributed by atoms with Crippen molar-refractivity contribution in [3.05, 3.63) is 82.4 Å². The lowest BCUT2D eigenvalue weighted by Crippen LogP contribution is -2.24. The molecule has 0 heterocycles. The second kappa shape index (κ2) is 7.89. The third kappa shape index (κ3) is 4.21. The highest BCUT2D eigenvalue weighted by atomic mass is 16.6. The summed E-state index contributed by atoms with van der Waals surface area (Å²) in [6.45, 7) is -0.175. The van der Waals surface area contributed by atoms with E-state index in [2.05, 4.69) is 10.5 Å². The third-order valence-electron chi connectivity index (χ3n) is 3.62. The summed E-state index contributed by atoms with van der Waals surface area (Å²) >= 11 is 0. The maximum Gasteiger partial charge on any atom is 0.277 e. The maximum atomic E-state index is 11.8. The van der Waals surface area contributed by atoms with Crippen LogP contribution < -0.4 is 10.2 Å². The molecular formula is C19H15N3O4. The molecule has 0 radical (unpaired) electrons. The summed E-state index contributed by atoms with van der Waals surface area (Å²) < 4.78 is 5.57. The average Bonchev–Trinajstić information content (AvgIpc) is 2.66. The van der Waals surface area contributed by atoms with E-state index in [9.17, 15) is 14.9 Å². The molecule has 3 rings (SSSR count). The van der Waals surface area contributed by atoms with E-state index in [-0.39, 0.29) is 12.3 Å². The lowest BCUT2D eigenvalue weighted by Gasteiger charge is -2.08. The van der Waals surface area contributed by atoms with Crippen molar-refractivity contribution in [2.45, 2.75) is 0 Å². The normalized spacial score (nSPS) is 10.8. The Labute approximate surface area is 149 Å². The number of non-ortho nitro benzene ring substituents is 1. The molecule has 1 N–H and O–H groups in total. The first-order valence-corrected chi connectivity index (χ1v) is 7.80. The number of nitrogens with one attached hydrogen (secondary N) is 1. The molecule has 0 fully saturated rings. The zero-order chi connectivity index (χ0) is 18.4. The van der Waals surface area contributed by atoms with Crippen molar-refractivity contribution in [1.29, 1.82) is 0 Å². The van der Waals surface area contributed by atoms with Crippen LogP contribution in [0.2, 0.25) is 0 Å². The predicted octanol–water partition coefficient (Wildman–Crippen LogP) is 3.28. The number of amides is 1. The Hall–Kier alpha value is -3.74. The summed E-state index contributed by atoms with van der Waals surface area (Å²) in [5.74, 6) is 0.216. The van der Waals surface area contributed by atoms with E-state index in [0.29, 0.717) is 11.3 Å². The Morgan fingerprint density at radius 2 is 1.81 bits per heavy atom. The van der Waals surface area contributed by atoms with Gasteiger partial charge >= 0.3 is 0 Å². The van der Waals surface area contributed by atoms with Crippen LogP contribution in [0.4, 0.5) is 5.69 Å². The number of ether oxygens (including phenoxy) is 1. The molecule has 0 saturated carbocycles. The van der Waals surface area contributed by atoms with Crippen molar-refractivity contribution in [2.24, 2.45) is 5.10 Å². The topological polar surface area (TPSA) is 93.8 Å². The molecule has 0 aliphatic heterocycles. The summed E-state index contributed by atoms with van der Waals surface area (Å²) in [5.41, 5.74) is 2.98. The molecular weight excluding hydrogens is 334 g/mol. The number of rotatable bonds is 6. The highest BCUT2D eigenvalue weighted by Gasteiger charge is 2.05. The van der Waals surface area contributed by atoms with Gasteiger partial charge in [-0.2, -0.15) is 5.10 Å². The number of fused-ring (bicyclic) bond motifs is 1. The van der Waals surface area contributed by atoms with Crippen molar-refractivity contribution in [3.63, 3.8) is 0 Å². The Kier molecular flexibility index (Phi) is 5.19. The first-order chi connectivity index (χ1) is 12.6. The Balaban J connectivity index is 1.55. The van der Waals surface area contributed by atoms with Crippen LogP contribution in [-0.4, -0.2) is 23.7 Å². The van der Waals surface area contributed by atoms with Gasteiger partial charge in [0.25, 0.3) is 11.6 Å². The Bertz CT molecular complexity index is 963. The zero-order valence-electron chi connectivity index (χ0n) is 13.7. The molecule has 0 aromatic heterocycles. The number of nitro groups is 1. The van der Waals surface area contributed by atoms with E-state index in [1.165, 1.54) is 18.3 Å². The van der Waals surface area contributed by atoms with Gasteiger partial charge < -0.3 is 4.74 Å². The quantitative estimate of drug-likeness (QED) is 0.420. The minimum absolute atomic E-state index is 0.00493. The smallest absolute Gasteiger partial charge is 0.277 e. The first kappa shape index (κ1) is 17.1. The van der Waals surface area contributed by atoms with Crippen molar-refractivity contribution in [2.75, 3.05) is 6.61 Å². The highest BCUT2D eigenvalue weighted by Crippen LogP contribution is 2.24. The lowest BCUT2D eigenvalue weighted by molar-refractivity contribution is -0.384. The average molecular weight is 349 g/mol. The minimum Gasteiger partial charge on any atom is -0.483 e. The molecule has 1 amide bonds. The van der Waals surface area contributed by atoms with Crippen molar-refractivity contribution >= 4 is 28.6 Å². The number of carbonyl (C=O) groups is 1. The molecule has 0 aliphatic carbocycles. The Morgan fingerprint density at radius 3 is 2.58 bits per heavy atom. The largest absolute Gasteiger partial charge is 0.483 e. The monoisotopic (exact) mass is 349 g/mol. The van der Waals surface area contributed by atoms with Crippen molar-refractivity contribution in [3.8, 4) is 5.75 Å². The van der Waals surface area contributed by atoms with E-state index < -0.39 is 10.8 Å². The fourth-order valence-electron chi connectivity index (χ4n) is 2.36. The fourth-order valence-corrected chi connectivity index (χ4v) is 2.36. The fraction of sp³-hybridized carbons (Fsp3) is 0.0526. The summed E-state index contributed by atoms with van der Waals surface area (Å²) in [6, 6.07) is 19.2. The van der Waals surface area contributed by atoms with Crippen LogP contribution in [0, 0.1) is 10.1 Å². The van der Waals surface area contributed by atoms with Crippen LogP contribution in [0.25, 0.3) is 10.8 Å². The summed E-state index contributed by atoms with van der Waals surface area (Å²) in [4.78, 5) is 22.0. The van der Waals surface area contributed by atoms with Gasteiger partial charge in [0.1, 0.15) is 5.75 Å². The van der Waals surface area contributed by atoms with Gasteiger partial charge in [-0.05, 0) is 29.1 Å². The lowest BCUT2D eigenvalue weighted by atomic mass is 10.1. The molecule has 3 aromatic carbocycles. The van der Waals surface area contributed by atoms with E-state index >= 15 is 0 Å². The number of hydrogen-bond donors (Lipinski definition) is 1. The predicted molar refractivity (Wildman–Crippen MR) is 98.3 cm³/mol. The maximum absolute atomic E-state index is 11.8. The molecule has 0 unspecified atom stereocenters. The molecule has 0 saturated heterocycles.